The van der Waals surface area contributed by atoms with E-state index in [-0.39, 0.29) is 12.4 Å². The zero-order valence-corrected chi connectivity index (χ0v) is 14.8. The lowest BCUT2D eigenvalue weighted by molar-refractivity contribution is -0.138. The molecule has 0 atom stereocenters. The van der Waals surface area contributed by atoms with Crippen molar-refractivity contribution >= 4 is 28.0 Å². The zero-order chi connectivity index (χ0) is 17.5. The minimum absolute atomic E-state index is 0.128. The van der Waals surface area contributed by atoms with Gasteiger partial charge in [-0.2, -0.15) is 0 Å². The molecule has 0 aliphatic heterocycles. The highest BCUT2D eigenvalue weighted by Crippen LogP contribution is 2.25. The summed E-state index contributed by atoms with van der Waals surface area (Å²) in [6, 6.07) is 9.82. The smallest absolute Gasteiger partial charge is 0.331 e. The van der Waals surface area contributed by atoms with Gasteiger partial charge in [0.1, 0.15) is 12.4 Å². The molecule has 0 aromatic heterocycles. The predicted molar refractivity (Wildman–Crippen MR) is 92.5 cm³/mol. The van der Waals surface area contributed by atoms with Gasteiger partial charge in [0, 0.05) is 6.08 Å². The lowest BCUT2D eigenvalue weighted by Crippen LogP contribution is -2.01. The Labute approximate surface area is 148 Å². The Balaban J connectivity index is 1.93. The number of methoxy groups -OCH3 is 2. The Kier molecular flexibility index (Phi) is 6.37. The van der Waals surface area contributed by atoms with Gasteiger partial charge in [0.2, 0.25) is 0 Å². The normalized spacial score (nSPS) is 10.7. The quantitative estimate of drug-likeness (QED) is 0.539. The van der Waals surface area contributed by atoms with Crippen LogP contribution in [0.3, 0.4) is 0 Å². The summed E-state index contributed by atoms with van der Waals surface area (Å²) >= 11 is 3.37. The molecule has 2 aromatic rings. The van der Waals surface area contributed by atoms with Gasteiger partial charge in [-0.3, -0.25) is 0 Å². The van der Waals surface area contributed by atoms with Crippen molar-refractivity contribution in [1.82, 2.24) is 0 Å². The summed E-state index contributed by atoms with van der Waals surface area (Å²) in [4.78, 5) is 11.7. The monoisotopic (exact) mass is 394 g/mol. The fraction of sp³-hybridized carbons (Fsp3) is 0.167. The third kappa shape index (κ3) is 4.83. The number of hydrogen-bond donors (Lipinski definition) is 0. The van der Waals surface area contributed by atoms with Gasteiger partial charge in [-0.1, -0.05) is 12.1 Å². The van der Waals surface area contributed by atoms with E-state index in [0.29, 0.717) is 11.3 Å². The molecule has 0 bridgehead atoms. The van der Waals surface area contributed by atoms with Gasteiger partial charge in [-0.15, -0.1) is 0 Å². The summed E-state index contributed by atoms with van der Waals surface area (Å²) in [7, 11) is 2.97. The van der Waals surface area contributed by atoms with Crippen LogP contribution < -0.4 is 9.47 Å². The Morgan fingerprint density at radius 2 is 1.83 bits per heavy atom. The van der Waals surface area contributed by atoms with Gasteiger partial charge in [0.05, 0.1) is 18.7 Å². The maximum absolute atomic E-state index is 13.6. The minimum Gasteiger partial charge on any atom is -0.496 e. The van der Waals surface area contributed by atoms with Gasteiger partial charge in [-0.05, 0) is 57.4 Å². The van der Waals surface area contributed by atoms with Crippen molar-refractivity contribution in [2.45, 2.75) is 6.61 Å². The van der Waals surface area contributed by atoms with E-state index >= 15 is 0 Å². The number of rotatable bonds is 6. The number of carbonyl (C=O) groups excluding carboxylic acids is 1. The fourth-order valence-corrected chi connectivity index (χ4v) is 2.54. The first-order chi connectivity index (χ1) is 11.5. The molecule has 0 heterocycles. The van der Waals surface area contributed by atoms with Crippen LogP contribution in [0.4, 0.5) is 4.39 Å². The van der Waals surface area contributed by atoms with Gasteiger partial charge in [0.25, 0.3) is 0 Å². The number of hydrogen-bond acceptors (Lipinski definition) is 4. The van der Waals surface area contributed by atoms with Gasteiger partial charge in [-0.25, -0.2) is 9.18 Å². The molecule has 0 saturated carbocycles. The van der Waals surface area contributed by atoms with Crippen LogP contribution >= 0.6 is 15.9 Å². The molecule has 0 N–H and O–H groups in total. The van der Waals surface area contributed by atoms with E-state index in [4.69, 9.17) is 14.2 Å². The summed E-state index contributed by atoms with van der Waals surface area (Å²) < 4.78 is 29.5. The second-order valence-corrected chi connectivity index (χ2v) is 5.66. The Morgan fingerprint density at radius 3 is 2.46 bits per heavy atom. The summed E-state index contributed by atoms with van der Waals surface area (Å²) in [6.07, 6.45) is 2.73. The van der Waals surface area contributed by atoms with Crippen LogP contribution in [0.25, 0.3) is 6.08 Å². The number of esters is 1. The van der Waals surface area contributed by atoms with Crippen molar-refractivity contribution in [3.05, 3.63) is 63.9 Å². The molecule has 6 heteroatoms. The molecule has 0 aliphatic rings. The first kappa shape index (κ1) is 18.0. The Hall–Kier alpha value is -2.34. The standard InChI is InChI=1S/C18H16BrFO4/c1-22-16-6-4-13(9-14(16)19)11-24-18(21)8-5-12-3-7-17(23-2)15(20)10-12/h3-10H,11H2,1-2H3/b8-5+. The number of ether oxygens (including phenoxy) is 3. The lowest BCUT2D eigenvalue weighted by Gasteiger charge is -2.06. The van der Waals surface area contributed by atoms with Crippen molar-refractivity contribution in [3.63, 3.8) is 0 Å². The molecular weight excluding hydrogens is 379 g/mol. The van der Waals surface area contributed by atoms with Gasteiger partial charge < -0.3 is 14.2 Å². The first-order valence-electron chi connectivity index (χ1n) is 7.04. The van der Waals surface area contributed by atoms with Crippen LogP contribution in [0, 0.1) is 5.82 Å². The number of halogens is 2. The molecule has 4 nitrogen and oxygen atoms in total. The van der Waals surface area contributed by atoms with E-state index in [0.717, 1.165) is 10.0 Å². The molecule has 24 heavy (non-hydrogen) atoms. The van der Waals surface area contributed by atoms with E-state index in [2.05, 4.69) is 15.9 Å². The molecule has 2 rings (SSSR count). The minimum atomic E-state index is -0.516. The molecule has 0 radical (unpaired) electrons. The van der Waals surface area contributed by atoms with Crippen LogP contribution in [0.1, 0.15) is 11.1 Å². The SMILES string of the molecule is COc1ccc(/C=C/C(=O)OCc2ccc(OC)c(Br)c2)cc1F. The second kappa shape index (κ2) is 8.49. The average molecular weight is 395 g/mol. The van der Waals surface area contributed by atoms with Crippen molar-refractivity contribution in [2.24, 2.45) is 0 Å². The van der Waals surface area contributed by atoms with Crippen LogP contribution in [-0.4, -0.2) is 20.2 Å². The van der Waals surface area contributed by atoms with Crippen LogP contribution in [-0.2, 0) is 16.1 Å². The number of carbonyl (C=O) groups is 1. The van der Waals surface area contributed by atoms with E-state index < -0.39 is 11.8 Å². The van der Waals surface area contributed by atoms with Crippen LogP contribution in [0.5, 0.6) is 11.5 Å². The third-order valence-corrected chi connectivity index (χ3v) is 3.80. The van der Waals surface area contributed by atoms with Crippen LogP contribution in [0.2, 0.25) is 0 Å². The third-order valence-electron chi connectivity index (χ3n) is 3.19. The van der Waals surface area contributed by atoms with E-state index in [1.807, 2.05) is 6.07 Å². The molecular formula is C18H16BrFO4. The van der Waals surface area contributed by atoms with Crippen molar-refractivity contribution in [2.75, 3.05) is 14.2 Å². The molecule has 0 spiro atoms. The molecule has 0 unspecified atom stereocenters. The summed E-state index contributed by atoms with van der Waals surface area (Å²) in [5.41, 5.74) is 1.36. The Bertz CT molecular complexity index is 759. The van der Waals surface area contributed by atoms with Crippen molar-refractivity contribution < 1.29 is 23.4 Å². The van der Waals surface area contributed by atoms with E-state index in [1.165, 1.54) is 31.4 Å². The molecule has 2 aromatic carbocycles. The highest BCUT2D eigenvalue weighted by atomic mass is 79.9. The van der Waals surface area contributed by atoms with Crippen molar-refractivity contribution in [1.29, 1.82) is 0 Å². The summed E-state index contributed by atoms with van der Waals surface area (Å²) in [5.74, 6) is -0.152. The lowest BCUT2D eigenvalue weighted by atomic mass is 10.2. The number of benzene rings is 2. The maximum Gasteiger partial charge on any atom is 0.331 e. The van der Waals surface area contributed by atoms with Gasteiger partial charge >= 0.3 is 5.97 Å². The van der Waals surface area contributed by atoms with Gasteiger partial charge in [0.15, 0.2) is 11.6 Å². The molecule has 0 fully saturated rings. The van der Waals surface area contributed by atoms with E-state index in [1.54, 1.807) is 25.3 Å². The molecule has 0 aliphatic carbocycles. The average Bonchev–Trinajstić information content (AvgIpc) is 2.58. The largest absolute Gasteiger partial charge is 0.496 e. The fourth-order valence-electron chi connectivity index (χ4n) is 1.95. The Morgan fingerprint density at radius 1 is 1.12 bits per heavy atom. The van der Waals surface area contributed by atoms with Crippen LogP contribution in [0.15, 0.2) is 46.9 Å². The highest BCUT2D eigenvalue weighted by Gasteiger charge is 2.05. The second-order valence-electron chi connectivity index (χ2n) is 4.80. The summed E-state index contributed by atoms with van der Waals surface area (Å²) in [6.45, 7) is 0.128. The first-order valence-corrected chi connectivity index (χ1v) is 7.83. The summed E-state index contributed by atoms with van der Waals surface area (Å²) in [5, 5.41) is 0. The van der Waals surface area contributed by atoms with E-state index in [9.17, 15) is 9.18 Å². The maximum atomic E-state index is 13.6. The molecule has 126 valence electrons. The zero-order valence-electron chi connectivity index (χ0n) is 13.2. The molecule has 0 amide bonds. The topological polar surface area (TPSA) is 44.8 Å². The molecule has 0 saturated heterocycles. The predicted octanol–water partition coefficient (Wildman–Crippen LogP) is 4.36. The van der Waals surface area contributed by atoms with Crippen molar-refractivity contribution in [3.8, 4) is 11.5 Å². The highest BCUT2D eigenvalue weighted by molar-refractivity contribution is 9.10.